The van der Waals surface area contributed by atoms with E-state index >= 15 is 0 Å². The minimum absolute atomic E-state index is 0.0542. The smallest absolute Gasteiger partial charge is 0.123 e. The minimum Gasteiger partial charge on any atom is -0.302 e. The van der Waals surface area contributed by atoms with Gasteiger partial charge in [0.2, 0.25) is 0 Å². The second kappa shape index (κ2) is 6.30. The van der Waals surface area contributed by atoms with Gasteiger partial charge in [-0.3, -0.25) is 0 Å². The van der Waals surface area contributed by atoms with Crippen molar-refractivity contribution >= 4 is 0 Å². The van der Waals surface area contributed by atoms with Crippen LogP contribution in [0.4, 0.5) is 4.39 Å². The molecule has 2 heteroatoms. The molecule has 0 aliphatic carbocycles. The molecule has 1 atom stereocenters. The lowest BCUT2D eigenvalue weighted by molar-refractivity contribution is 0.617. The zero-order valence-corrected chi connectivity index (χ0v) is 11.1. The van der Waals surface area contributed by atoms with E-state index in [9.17, 15) is 4.39 Å². The van der Waals surface area contributed by atoms with Crippen LogP contribution in [0.2, 0.25) is 0 Å². The van der Waals surface area contributed by atoms with Crippen molar-refractivity contribution in [2.75, 3.05) is 6.54 Å². The fourth-order valence-corrected chi connectivity index (χ4v) is 2.01. The fourth-order valence-electron chi connectivity index (χ4n) is 2.01. The molecule has 2 aromatic carbocycles. The highest BCUT2D eigenvalue weighted by Gasteiger charge is 2.12. The molecule has 1 nitrogen and oxygen atoms in total. The van der Waals surface area contributed by atoms with Crippen molar-refractivity contribution in [3.05, 3.63) is 83.7 Å². The zero-order chi connectivity index (χ0) is 13.7. The van der Waals surface area contributed by atoms with Gasteiger partial charge in [-0.1, -0.05) is 54.6 Å². The second-order valence-corrected chi connectivity index (χ2v) is 4.73. The lowest BCUT2D eigenvalue weighted by Gasteiger charge is -2.20. The molecular formula is C17H18FN. The molecule has 0 aromatic heterocycles. The number of rotatable bonds is 5. The Morgan fingerprint density at radius 2 is 1.63 bits per heavy atom. The molecule has 0 spiro atoms. The van der Waals surface area contributed by atoms with Crippen LogP contribution in [-0.4, -0.2) is 6.54 Å². The Morgan fingerprint density at radius 3 is 2.21 bits per heavy atom. The molecule has 0 radical (unpaired) electrons. The quantitative estimate of drug-likeness (QED) is 0.794. The van der Waals surface area contributed by atoms with E-state index in [4.69, 9.17) is 0 Å². The molecule has 1 N–H and O–H groups in total. The summed E-state index contributed by atoms with van der Waals surface area (Å²) in [5, 5.41) is 3.45. The first-order valence-corrected chi connectivity index (χ1v) is 6.35. The second-order valence-electron chi connectivity index (χ2n) is 4.73. The Labute approximate surface area is 113 Å². The molecule has 1 unspecified atom stereocenters. The predicted octanol–water partition coefficient (Wildman–Crippen LogP) is 4.08. The van der Waals surface area contributed by atoms with Gasteiger partial charge in [-0.15, -0.1) is 0 Å². The number of nitrogens with one attached hydrogen (secondary N) is 1. The Kier molecular flexibility index (Phi) is 4.48. The standard InChI is InChI=1S/C17H18FN/c1-13(2)12-19-17(14-6-4-3-5-7-14)15-8-10-16(18)11-9-15/h3-11,17,19H,1,12H2,2H3. The monoisotopic (exact) mass is 255 g/mol. The van der Waals surface area contributed by atoms with Gasteiger partial charge < -0.3 is 5.32 Å². The van der Waals surface area contributed by atoms with Gasteiger partial charge in [0.15, 0.2) is 0 Å². The average Bonchev–Trinajstić information content (AvgIpc) is 2.42. The maximum atomic E-state index is 13.0. The maximum absolute atomic E-state index is 13.0. The summed E-state index contributed by atoms with van der Waals surface area (Å²) in [4.78, 5) is 0. The van der Waals surface area contributed by atoms with Crippen LogP contribution in [0, 0.1) is 5.82 Å². The summed E-state index contributed by atoms with van der Waals surface area (Å²) in [6.45, 7) is 6.62. The summed E-state index contributed by atoms with van der Waals surface area (Å²) in [5.74, 6) is -0.213. The fraction of sp³-hybridized carbons (Fsp3) is 0.176. The van der Waals surface area contributed by atoms with Crippen molar-refractivity contribution in [3.8, 4) is 0 Å². The molecule has 0 aliphatic rings. The molecule has 0 heterocycles. The molecular weight excluding hydrogens is 237 g/mol. The minimum atomic E-state index is -0.213. The first-order chi connectivity index (χ1) is 9.16. The van der Waals surface area contributed by atoms with Crippen LogP contribution in [-0.2, 0) is 0 Å². The number of hydrogen-bond acceptors (Lipinski definition) is 1. The van der Waals surface area contributed by atoms with Crippen molar-refractivity contribution in [2.45, 2.75) is 13.0 Å². The summed E-state index contributed by atoms with van der Waals surface area (Å²) < 4.78 is 13.0. The van der Waals surface area contributed by atoms with E-state index in [2.05, 4.69) is 24.0 Å². The maximum Gasteiger partial charge on any atom is 0.123 e. The molecule has 0 amide bonds. The first-order valence-electron chi connectivity index (χ1n) is 6.35. The van der Waals surface area contributed by atoms with Crippen LogP contribution < -0.4 is 5.32 Å². The summed E-state index contributed by atoms with van der Waals surface area (Å²) in [6, 6.07) is 16.8. The first kappa shape index (κ1) is 13.5. The van der Waals surface area contributed by atoms with E-state index in [0.717, 1.165) is 23.2 Å². The van der Waals surface area contributed by atoms with Crippen molar-refractivity contribution in [1.82, 2.24) is 5.32 Å². The number of hydrogen-bond donors (Lipinski definition) is 1. The van der Waals surface area contributed by atoms with Crippen LogP contribution in [0.15, 0.2) is 66.7 Å². The summed E-state index contributed by atoms with van der Waals surface area (Å²) >= 11 is 0. The molecule has 0 aliphatic heterocycles. The normalized spacial score (nSPS) is 12.1. The molecule has 98 valence electrons. The molecule has 0 fully saturated rings. The van der Waals surface area contributed by atoms with Crippen molar-refractivity contribution in [1.29, 1.82) is 0 Å². The third-order valence-electron chi connectivity index (χ3n) is 2.94. The van der Waals surface area contributed by atoms with E-state index in [-0.39, 0.29) is 11.9 Å². The lowest BCUT2D eigenvalue weighted by Crippen LogP contribution is -2.23. The molecule has 0 saturated heterocycles. The topological polar surface area (TPSA) is 12.0 Å². The van der Waals surface area contributed by atoms with Crippen LogP contribution in [0.25, 0.3) is 0 Å². The van der Waals surface area contributed by atoms with E-state index in [0.29, 0.717) is 0 Å². The largest absolute Gasteiger partial charge is 0.302 e. The van der Waals surface area contributed by atoms with E-state index in [1.54, 1.807) is 0 Å². The third-order valence-corrected chi connectivity index (χ3v) is 2.94. The van der Waals surface area contributed by atoms with Gasteiger partial charge in [0.05, 0.1) is 6.04 Å². The van der Waals surface area contributed by atoms with Gasteiger partial charge in [-0.25, -0.2) is 4.39 Å². The molecule has 2 rings (SSSR count). The van der Waals surface area contributed by atoms with Crippen molar-refractivity contribution < 1.29 is 4.39 Å². The highest BCUT2D eigenvalue weighted by molar-refractivity contribution is 5.32. The summed E-state index contributed by atoms with van der Waals surface area (Å²) in [6.07, 6.45) is 0. The number of benzene rings is 2. The highest BCUT2D eigenvalue weighted by atomic mass is 19.1. The van der Waals surface area contributed by atoms with E-state index in [1.807, 2.05) is 37.3 Å². The SMILES string of the molecule is C=C(C)CNC(c1ccccc1)c1ccc(F)cc1. The van der Waals surface area contributed by atoms with Crippen LogP contribution in [0.5, 0.6) is 0 Å². The van der Waals surface area contributed by atoms with Gasteiger partial charge in [0.1, 0.15) is 5.82 Å². The van der Waals surface area contributed by atoms with Gasteiger partial charge >= 0.3 is 0 Å². The van der Waals surface area contributed by atoms with E-state index in [1.165, 1.54) is 12.1 Å². The van der Waals surface area contributed by atoms with Gasteiger partial charge in [-0.05, 0) is 30.2 Å². The Balaban J connectivity index is 2.28. The van der Waals surface area contributed by atoms with Crippen LogP contribution in [0.1, 0.15) is 24.1 Å². The predicted molar refractivity (Wildman–Crippen MR) is 77.5 cm³/mol. The summed E-state index contributed by atoms with van der Waals surface area (Å²) in [7, 11) is 0. The Bertz CT molecular complexity index is 531. The number of halogens is 1. The van der Waals surface area contributed by atoms with Crippen molar-refractivity contribution in [3.63, 3.8) is 0 Å². The third kappa shape index (κ3) is 3.76. The molecule has 2 aromatic rings. The Hall–Kier alpha value is -1.93. The highest BCUT2D eigenvalue weighted by Crippen LogP contribution is 2.22. The van der Waals surface area contributed by atoms with Crippen molar-refractivity contribution in [2.24, 2.45) is 0 Å². The van der Waals surface area contributed by atoms with Gasteiger partial charge in [0.25, 0.3) is 0 Å². The average molecular weight is 255 g/mol. The Morgan fingerprint density at radius 1 is 1.05 bits per heavy atom. The summed E-state index contributed by atoms with van der Waals surface area (Å²) in [5.41, 5.74) is 3.28. The molecule has 0 bridgehead atoms. The molecule has 19 heavy (non-hydrogen) atoms. The van der Waals surface area contributed by atoms with Crippen LogP contribution >= 0.6 is 0 Å². The zero-order valence-electron chi connectivity index (χ0n) is 11.1. The molecule has 0 saturated carbocycles. The van der Waals surface area contributed by atoms with Crippen LogP contribution in [0.3, 0.4) is 0 Å². The van der Waals surface area contributed by atoms with Gasteiger partial charge in [0, 0.05) is 6.54 Å². The van der Waals surface area contributed by atoms with E-state index < -0.39 is 0 Å². The van der Waals surface area contributed by atoms with Gasteiger partial charge in [-0.2, -0.15) is 0 Å². The lowest BCUT2D eigenvalue weighted by atomic mass is 9.98.